The van der Waals surface area contributed by atoms with Crippen molar-refractivity contribution in [3.63, 3.8) is 0 Å². The van der Waals surface area contributed by atoms with Crippen LogP contribution in [0.2, 0.25) is 0 Å². The van der Waals surface area contributed by atoms with Crippen LogP contribution in [0.1, 0.15) is 95.7 Å². The predicted molar refractivity (Wildman–Crippen MR) is 205 cm³/mol. The topological polar surface area (TPSA) is 0 Å². The molecule has 0 bridgehead atoms. The molecule has 6 aromatic rings. The van der Waals surface area contributed by atoms with Gasteiger partial charge in [0.25, 0.3) is 0 Å². The molecule has 0 N–H and O–H groups in total. The van der Waals surface area contributed by atoms with Gasteiger partial charge in [-0.3, -0.25) is 0 Å². The molecule has 2 unspecified atom stereocenters. The molecule has 0 spiro atoms. The summed E-state index contributed by atoms with van der Waals surface area (Å²) in [5.41, 5.74) is 22.7. The van der Waals surface area contributed by atoms with Crippen LogP contribution in [0.3, 0.4) is 0 Å². The van der Waals surface area contributed by atoms with E-state index in [0.717, 1.165) is 15.0 Å². The van der Waals surface area contributed by atoms with Crippen molar-refractivity contribution in [1.82, 2.24) is 0 Å². The molecule has 0 fully saturated rings. The van der Waals surface area contributed by atoms with Gasteiger partial charge in [0.15, 0.2) is 0 Å². The summed E-state index contributed by atoms with van der Waals surface area (Å²) in [5.74, 6) is 0. The normalized spacial score (nSPS) is 16.3. The number of aryl methyl sites for hydroxylation is 2. The minimum absolute atomic E-state index is 0.0224. The summed E-state index contributed by atoms with van der Waals surface area (Å²) in [6.45, 7) is 18.8. The third kappa shape index (κ3) is 5.17. The molecule has 0 amide bonds. The summed E-state index contributed by atoms with van der Waals surface area (Å²) >= 11 is 1.04. The first kappa shape index (κ1) is 32.1. The van der Waals surface area contributed by atoms with E-state index in [4.69, 9.17) is 0 Å². The molecule has 6 aromatic carbocycles. The SMILES string of the molecule is Cc1ccccc1-c1cccc2c1-c1cccc(C(C)(C)C)c1[CH]2[Fe][CH]1c2cccc(-c3ccccc3C)c2-c2cccc(C(C)(C)C)c21. The van der Waals surface area contributed by atoms with Gasteiger partial charge in [0.2, 0.25) is 0 Å². The van der Waals surface area contributed by atoms with Crippen molar-refractivity contribution >= 4 is 0 Å². The van der Waals surface area contributed by atoms with Crippen LogP contribution in [0.15, 0.2) is 121 Å². The van der Waals surface area contributed by atoms with Crippen molar-refractivity contribution in [2.75, 3.05) is 0 Å². The summed E-state index contributed by atoms with van der Waals surface area (Å²) in [5, 5.41) is 0. The van der Waals surface area contributed by atoms with Gasteiger partial charge in [-0.1, -0.05) is 0 Å². The molecule has 2 aliphatic rings. The first-order chi connectivity index (χ1) is 23.4. The van der Waals surface area contributed by atoms with Gasteiger partial charge in [0, 0.05) is 0 Å². The average molecular weight is 679 g/mol. The van der Waals surface area contributed by atoms with Gasteiger partial charge in [-0.25, -0.2) is 0 Å². The molecule has 0 aromatic heterocycles. The second-order valence-corrected chi connectivity index (χ2v) is 17.7. The minimum atomic E-state index is 0.0224. The van der Waals surface area contributed by atoms with Gasteiger partial charge in [-0.05, 0) is 0 Å². The van der Waals surface area contributed by atoms with Crippen LogP contribution in [-0.2, 0) is 25.8 Å². The van der Waals surface area contributed by atoms with Crippen molar-refractivity contribution in [2.24, 2.45) is 0 Å². The van der Waals surface area contributed by atoms with E-state index in [9.17, 15) is 0 Å². The Kier molecular flexibility index (Phi) is 7.67. The zero-order valence-corrected chi connectivity index (χ0v) is 31.2. The molecule has 246 valence electrons. The van der Waals surface area contributed by atoms with Crippen LogP contribution >= 0.6 is 0 Å². The predicted octanol–water partition coefficient (Wildman–Crippen LogP) is 13.2. The third-order valence-electron chi connectivity index (χ3n) is 10.7. The quantitative estimate of drug-likeness (QED) is 0.163. The molecular weight excluding hydrogens is 632 g/mol. The molecule has 2 aliphatic carbocycles. The summed E-state index contributed by atoms with van der Waals surface area (Å²) < 4.78 is 0. The van der Waals surface area contributed by atoms with Crippen molar-refractivity contribution in [3.05, 3.63) is 166 Å². The molecule has 0 aliphatic heterocycles. The number of rotatable bonds is 4. The van der Waals surface area contributed by atoms with Gasteiger partial charge in [0.1, 0.15) is 0 Å². The van der Waals surface area contributed by atoms with E-state index < -0.39 is 0 Å². The molecule has 0 radical (unpaired) electrons. The van der Waals surface area contributed by atoms with Crippen molar-refractivity contribution in [3.8, 4) is 44.5 Å². The maximum absolute atomic E-state index is 2.43. The fraction of sp³-hybridized carbons (Fsp3) is 0.250. The molecule has 0 saturated carbocycles. The van der Waals surface area contributed by atoms with Crippen LogP contribution in [0.4, 0.5) is 0 Å². The van der Waals surface area contributed by atoms with E-state index in [2.05, 4.69) is 177 Å². The molecule has 0 nitrogen and oxygen atoms in total. The number of fused-ring (bicyclic) bond motifs is 6. The Morgan fingerprint density at radius 1 is 0.388 bits per heavy atom. The first-order valence-electron chi connectivity index (χ1n) is 17.7. The van der Waals surface area contributed by atoms with Gasteiger partial charge in [-0.15, -0.1) is 0 Å². The van der Waals surface area contributed by atoms with Gasteiger partial charge < -0.3 is 0 Å². The number of hydrogen-bond acceptors (Lipinski definition) is 0. The molecule has 0 heterocycles. The van der Waals surface area contributed by atoms with Crippen molar-refractivity contribution in [1.29, 1.82) is 0 Å². The number of benzene rings is 6. The van der Waals surface area contributed by atoms with Crippen LogP contribution in [0.5, 0.6) is 0 Å². The van der Waals surface area contributed by atoms with E-state index in [1.165, 1.54) is 89.0 Å². The van der Waals surface area contributed by atoms with Gasteiger partial charge >= 0.3 is 301 Å². The zero-order valence-electron chi connectivity index (χ0n) is 30.1. The van der Waals surface area contributed by atoms with E-state index in [-0.39, 0.29) is 20.5 Å². The van der Waals surface area contributed by atoms with Crippen LogP contribution < -0.4 is 0 Å². The number of hydrogen-bond donors (Lipinski definition) is 0. The third-order valence-corrected chi connectivity index (χ3v) is 12.8. The summed E-state index contributed by atoms with van der Waals surface area (Å²) in [4.78, 5) is 0.562. The second kappa shape index (κ2) is 11.7. The molecular formula is C48H46Fe. The van der Waals surface area contributed by atoms with Gasteiger partial charge in [-0.2, -0.15) is 0 Å². The summed E-state index contributed by atoms with van der Waals surface area (Å²) in [6.07, 6.45) is 0. The van der Waals surface area contributed by atoms with E-state index in [1.54, 1.807) is 0 Å². The maximum atomic E-state index is 2.43. The Morgan fingerprint density at radius 3 is 1.12 bits per heavy atom. The second-order valence-electron chi connectivity index (χ2n) is 16.0. The van der Waals surface area contributed by atoms with Crippen LogP contribution in [0, 0.1) is 13.8 Å². The van der Waals surface area contributed by atoms with Crippen molar-refractivity contribution < 1.29 is 15.0 Å². The average Bonchev–Trinajstić information content (AvgIpc) is 3.57. The summed E-state index contributed by atoms with van der Waals surface area (Å²) in [6, 6.07) is 46.2. The van der Waals surface area contributed by atoms with E-state index >= 15 is 0 Å². The Bertz CT molecular complexity index is 2090. The molecule has 1 heteroatoms. The molecule has 8 rings (SSSR count). The molecule has 49 heavy (non-hydrogen) atoms. The fourth-order valence-electron chi connectivity index (χ4n) is 8.43. The fourth-order valence-corrected chi connectivity index (χ4v) is 10.8. The standard InChI is InChI=1S/2C24H23.Fe/c2*1-16-9-5-6-11-18(16)19-12-7-10-17-15-21-20(23(17)19)13-8-14-22(21)24(2,3)4;/h2*5-15H,1-4H3;. The Hall–Kier alpha value is -4.16. The van der Waals surface area contributed by atoms with Crippen LogP contribution in [-0.4, -0.2) is 0 Å². The van der Waals surface area contributed by atoms with E-state index in [1.807, 2.05) is 0 Å². The zero-order chi connectivity index (χ0) is 34.2. The Balaban J connectivity index is 1.40. The van der Waals surface area contributed by atoms with E-state index in [0.29, 0.717) is 0 Å². The molecule has 0 saturated heterocycles. The first-order valence-corrected chi connectivity index (χ1v) is 19.0. The van der Waals surface area contributed by atoms with Gasteiger partial charge in [0.05, 0.1) is 0 Å². The monoisotopic (exact) mass is 678 g/mol. The Labute approximate surface area is 299 Å². The Morgan fingerprint density at radius 2 is 0.735 bits per heavy atom. The van der Waals surface area contributed by atoms with Crippen LogP contribution in [0.25, 0.3) is 44.5 Å². The van der Waals surface area contributed by atoms with Crippen molar-refractivity contribution in [2.45, 2.75) is 75.9 Å². The summed E-state index contributed by atoms with van der Waals surface area (Å²) in [7, 11) is 0. The molecule has 2 atom stereocenters.